The fraction of sp³-hybridized carbons (Fsp3) is 0.667. The molecule has 0 radical (unpaired) electrons. The van der Waals surface area contributed by atoms with Gasteiger partial charge in [0.1, 0.15) is 0 Å². The first-order valence-electron chi connectivity index (χ1n) is 5.59. The quantitative estimate of drug-likeness (QED) is 0.703. The van der Waals surface area contributed by atoms with Crippen molar-refractivity contribution in [2.75, 3.05) is 0 Å². The van der Waals surface area contributed by atoms with Crippen LogP contribution in [0.5, 0.6) is 0 Å². The molecule has 88 valence electrons. The predicted molar refractivity (Wildman–Crippen MR) is 59.6 cm³/mol. The molecule has 0 aliphatic heterocycles. The maximum atomic E-state index is 11.4. The van der Waals surface area contributed by atoms with Gasteiger partial charge in [-0.15, -0.1) is 12.3 Å². The summed E-state index contributed by atoms with van der Waals surface area (Å²) in [6.07, 6.45) is 8.80. The van der Waals surface area contributed by atoms with Gasteiger partial charge in [0.25, 0.3) is 0 Å². The van der Waals surface area contributed by atoms with Gasteiger partial charge in [-0.3, -0.25) is 9.59 Å². The van der Waals surface area contributed by atoms with Crippen molar-refractivity contribution < 1.29 is 14.7 Å². The molecular formula is C12H17NO3. The third kappa shape index (κ3) is 3.93. The first kappa shape index (κ1) is 12.6. The van der Waals surface area contributed by atoms with Gasteiger partial charge in [-0.25, -0.2) is 0 Å². The second-order valence-corrected chi connectivity index (χ2v) is 4.17. The molecule has 0 aromatic heterocycles. The number of carboxylic acid groups (broad SMARTS) is 1. The zero-order chi connectivity index (χ0) is 12.0. The van der Waals surface area contributed by atoms with E-state index in [2.05, 4.69) is 11.2 Å². The molecule has 0 heterocycles. The van der Waals surface area contributed by atoms with E-state index in [1.807, 2.05) is 0 Å². The van der Waals surface area contributed by atoms with E-state index in [1.54, 1.807) is 0 Å². The van der Waals surface area contributed by atoms with Crippen LogP contribution in [0.15, 0.2) is 0 Å². The summed E-state index contributed by atoms with van der Waals surface area (Å²) >= 11 is 0. The van der Waals surface area contributed by atoms with Crippen LogP contribution in [0.4, 0.5) is 0 Å². The standard InChI is InChI=1S/C12H17NO3/c1-2-3-7-11(14)13-10-6-4-5-9(8-10)12(15)16/h1,9-10H,3-8H2,(H,13,14)(H,15,16). The fourth-order valence-corrected chi connectivity index (χ4v) is 2.03. The Kier molecular flexibility index (Phi) is 4.84. The highest BCUT2D eigenvalue weighted by molar-refractivity contribution is 5.76. The molecule has 0 bridgehead atoms. The minimum atomic E-state index is -0.762. The predicted octanol–water partition coefficient (Wildman–Crippen LogP) is 1.16. The molecule has 0 spiro atoms. The van der Waals surface area contributed by atoms with Crippen molar-refractivity contribution in [3.63, 3.8) is 0 Å². The molecule has 2 N–H and O–H groups in total. The van der Waals surface area contributed by atoms with Crippen LogP contribution in [-0.2, 0) is 9.59 Å². The first-order chi connectivity index (χ1) is 7.63. The van der Waals surface area contributed by atoms with Crippen LogP contribution >= 0.6 is 0 Å². The average molecular weight is 223 g/mol. The number of terminal acetylenes is 1. The topological polar surface area (TPSA) is 66.4 Å². The SMILES string of the molecule is C#CCCC(=O)NC1CCCC(C(=O)O)C1. The molecule has 16 heavy (non-hydrogen) atoms. The van der Waals surface area contributed by atoms with E-state index in [0.29, 0.717) is 25.7 Å². The van der Waals surface area contributed by atoms with Gasteiger partial charge in [0, 0.05) is 18.9 Å². The molecule has 0 saturated heterocycles. The van der Waals surface area contributed by atoms with E-state index in [-0.39, 0.29) is 17.9 Å². The normalized spacial score (nSPS) is 24.4. The van der Waals surface area contributed by atoms with Gasteiger partial charge in [-0.1, -0.05) is 6.42 Å². The number of carboxylic acids is 1. The summed E-state index contributed by atoms with van der Waals surface area (Å²) in [6.45, 7) is 0. The van der Waals surface area contributed by atoms with Crippen molar-refractivity contribution in [2.24, 2.45) is 5.92 Å². The number of rotatable bonds is 4. The van der Waals surface area contributed by atoms with Crippen molar-refractivity contribution in [1.29, 1.82) is 0 Å². The highest BCUT2D eigenvalue weighted by Crippen LogP contribution is 2.24. The minimum absolute atomic E-state index is 0.000115. The van der Waals surface area contributed by atoms with Crippen LogP contribution in [0, 0.1) is 18.3 Å². The Bertz CT molecular complexity index is 306. The number of amides is 1. The number of carbonyl (C=O) groups is 2. The molecule has 1 amide bonds. The van der Waals surface area contributed by atoms with E-state index in [9.17, 15) is 9.59 Å². The van der Waals surface area contributed by atoms with Crippen molar-refractivity contribution >= 4 is 11.9 Å². The average Bonchev–Trinajstić information content (AvgIpc) is 2.26. The maximum absolute atomic E-state index is 11.4. The zero-order valence-corrected chi connectivity index (χ0v) is 9.24. The molecule has 1 rings (SSSR count). The molecular weight excluding hydrogens is 206 g/mol. The van der Waals surface area contributed by atoms with Crippen molar-refractivity contribution in [2.45, 2.75) is 44.6 Å². The molecule has 4 heteroatoms. The van der Waals surface area contributed by atoms with E-state index in [4.69, 9.17) is 11.5 Å². The Morgan fingerprint density at radius 1 is 1.44 bits per heavy atom. The largest absolute Gasteiger partial charge is 0.481 e. The van der Waals surface area contributed by atoms with Gasteiger partial charge in [-0.05, 0) is 19.3 Å². The third-order valence-corrected chi connectivity index (χ3v) is 2.88. The van der Waals surface area contributed by atoms with Crippen LogP contribution in [0.3, 0.4) is 0 Å². The van der Waals surface area contributed by atoms with Gasteiger partial charge in [0.2, 0.25) is 5.91 Å². The van der Waals surface area contributed by atoms with Crippen LogP contribution in [0.1, 0.15) is 38.5 Å². The molecule has 1 aliphatic carbocycles. The minimum Gasteiger partial charge on any atom is -0.481 e. The van der Waals surface area contributed by atoms with Crippen LogP contribution in [0.2, 0.25) is 0 Å². The van der Waals surface area contributed by atoms with Crippen molar-refractivity contribution in [3.8, 4) is 12.3 Å². The molecule has 2 atom stereocenters. The monoisotopic (exact) mass is 223 g/mol. The molecule has 2 unspecified atom stereocenters. The molecule has 1 fully saturated rings. The lowest BCUT2D eigenvalue weighted by Crippen LogP contribution is -2.39. The number of hydrogen-bond acceptors (Lipinski definition) is 2. The summed E-state index contributed by atoms with van der Waals surface area (Å²) in [4.78, 5) is 22.2. The zero-order valence-electron chi connectivity index (χ0n) is 9.24. The van der Waals surface area contributed by atoms with E-state index in [1.165, 1.54) is 0 Å². The summed E-state index contributed by atoms with van der Waals surface area (Å²) in [5, 5.41) is 11.7. The highest BCUT2D eigenvalue weighted by Gasteiger charge is 2.27. The molecule has 1 saturated carbocycles. The van der Waals surface area contributed by atoms with Crippen LogP contribution in [0.25, 0.3) is 0 Å². The van der Waals surface area contributed by atoms with E-state index in [0.717, 1.165) is 12.8 Å². The van der Waals surface area contributed by atoms with E-state index >= 15 is 0 Å². The van der Waals surface area contributed by atoms with Gasteiger partial charge in [-0.2, -0.15) is 0 Å². The molecule has 0 aromatic carbocycles. The summed E-state index contributed by atoms with van der Waals surface area (Å²) < 4.78 is 0. The van der Waals surface area contributed by atoms with Crippen molar-refractivity contribution in [3.05, 3.63) is 0 Å². The first-order valence-corrected chi connectivity index (χ1v) is 5.59. The second-order valence-electron chi connectivity index (χ2n) is 4.17. The van der Waals surface area contributed by atoms with Gasteiger partial charge >= 0.3 is 5.97 Å². The second kappa shape index (κ2) is 6.16. The van der Waals surface area contributed by atoms with Crippen LogP contribution < -0.4 is 5.32 Å². The number of hydrogen-bond donors (Lipinski definition) is 2. The molecule has 4 nitrogen and oxygen atoms in total. The summed E-state index contributed by atoms with van der Waals surface area (Å²) in [5.41, 5.74) is 0. The lowest BCUT2D eigenvalue weighted by molar-refractivity contribution is -0.143. The van der Waals surface area contributed by atoms with E-state index < -0.39 is 5.97 Å². The Balaban J connectivity index is 2.34. The smallest absolute Gasteiger partial charge is 0.306 e. The lowest BCUT2D eigenvalue weighted by atomic mass is 9.86. The summed E-state index contributed by atoms with van der Waals surface area (Å²) in [7, 11) is 0. The Labute approximate surface area is 95.4 Å². The Morgan fingerprint density at radius 3 is 2.81 bits per heavy atom. The lowest BCUT2D eigenvalue weighted by Gasteiger charge is -2.27. The summed E-state index contributed by atoms with van der Waals surface area (Å²) in [5.74, 6) is 1.26. The highest BCUT2D eigenvalue weighted by atomic mass is 16.4. The summed E-state index contributed by atoms with van der Waals surface area (Å²) in [6, 6.07) is 0.000115. The Hall–Kier alpha value is -1.50. The maximum Gasteiger partial charge on any atom is 0.306 e. The van der Waals surface area contributed by atoms with Gasteiger partial charge in [0.15, 0.2) is 0 Å². The number of nitrogens with one attached hydrogen (secondary N) is 1. The number of aliphatic carboxylic acids is 1. The third-order valence-electron chi connectivity index (χ3n) is 2.88. The Morgan fingerprint density at radius 2 is 2.19 bits per heavy atom. The molecule has 1 aliphatic rings. The van der Waals surface area contributed by atoms with Crippen LogP contribution in [-0.4, -0.2) is 23.0 Å². The van der Waals surface area contributed by atoms with Gasteiger partial charge < -0.3 is 10.4 Å². The van der Waals surface area contributed by atoms with Crippen molar-refractivity contribution in [1.82, 2.24) is 5.32 Å². The number of carbonyl (C=O) groups excluding carboxylic acids is 1. The fourth-order valence-electron chi connectivity index (χ4n) is 2.03. The van der Waals surface area contributed by atoms with Gasteiger partial charge in [0.05, 0.1) is 5.92 Å². The molecule has 0 aromatic rings.